The Labute approximate surface area is 154 Å². The molecule has 0 saturated heterocycles. The fourth-order valence-electron chi connectivity index (χ4n) is 3.16. The molecule has 0 spiro atoms. The predicted molar refractivity (Wildman–Crippen MR) is 104 cm³/mol. The Bertz CT molecular complexity index is 896. The SMILES string of the molecule is Cc1cc(C)c([C@@H](C)NC(=O)c2ccc(Cn3ccnc3)cc2)cc1C. The summed E-state index contributed by atoms with van der Waals surface area (Å²) in [6.07, 6.45) is 5.47. The van der Waals surface area contributed by atoms with Gasteiger partial charge in [0.1, 0.15) is 0 Å². The number of aromatic nitrogens is 2. The van der Waals surface area contributed by atoms with E-state index in [0.717, 1.165) is 17.7 Å². The fraction of sp³-hybridized carbons (Fsp3) is 0.273. The van der Waals surface area contributed by atoms with E-state index in [2.05, 4.69) is 43.2 Å². The van der Waals surface area contributed by atoms with Crippen LogP contribution in [0, 0.1) is 20.8 Å². The molecule has 1 N–H and O–H groups in total. The van der Waals surface area contributed by atoms with E-state index in [9.17, 15) is 4.79 Å². The molecule has 1 aromatic heterocycles. The van der Waals surface area contributed by atoms with Crippen LogP contribution in [-0.2, 0) is 6.54 Å². The van der Waals surface area contributed by atoms with Crippen LogP contribution in [0.3, 0.4) is 0 Å². The third-order valence-corrected chi connectivity index (χ3v) is 4.84. The number of hydrogen-bond acceptors (Lipinski definition) is 2. The van der Waals surface area contributed by atoms with Crippen molar-refractivity contribution in [2.75, 3.05) is 0 Å². The summed E-state index contributed by atoms with van der Waals surface area (Å²) in [5.41, 5.74) is 6.70. The normalized spacial score (nSPS) is 12.0. The molecule has 2 aromatic carbocycles. The Kier molecular flexibility index (Phi) is 5.21. The molecule has 134 valence electrons. The van der Waals surface area contributed by atoms with Crippen molar-refractivity contribution in [3.63, 3.8) is 0 Å². The zero-order valence-electron chi connectivity index (χ0n) is 15.8. The average Bonchev–Trinajstić information content (AvgIpc) is 3.11. The number of carbonyl (C=O) groups is 1. The fourth-order valence-corrected chi connectivity index (χ4v) is 3.16. The van der Waals surface area contributed by atoms with Crippen LogP contribution in [0.1, 0.15) is 51.1 Å². The molecule has 26 heavy (non-hydrogen) atoms. The van der Waals surface area contributed by atoms with Gasteiger partial charge in [-0.25, -0.2) is 4.98 Å². The van der Waals surface area contributed by atoms with Gasteiger partial charge < -0.3 is 9.88 Å². The number of imidazole rings is 1. The van der Waals surface area contributed by atoms with Gasteiger partial charge in [0.15, 0.2) is 0 Å². The van der Waals surface area contributed by atoms with Gasteiger partial charge in [-0.1, -0.05) is 24.3 Å². The summed E-state index contributed by atoms with van der Waals surface area (Å²) in [6.45, 7) is 9.09. The van der Waals surface area contributed by atoms with Crippen LogP contribution < -0.4 is 5.32 Å². The number of nitrogens with zero attached hydrogens (tertiary/aromatic N) is 2. The number of carbonyl (C=O) groups excluding carboxylic acids is 1. The van der Waals surface area contributed by atoms with Crippen LogP contribution >= 0.6 is 0 Å². The minimum Gasteiger partial charge on any atom is -0.346 e. The molecule has 0 aliphatic carbocycles. The largest absolute Gasteiger partial charge is 0.346 e. The molecule has 1 amide bonds. The molecule has 3 aromatic rings. The highest BCUT2D eigenvalue weighted by atomic mass is 16.1. The van der Waals surface area contributed by atoms with Gasteiger partial charge in [0.05, 0.1) is 12.4 Å². The standard InChI is InChI=1S/C22H25N3O/c1-15-11-17(3)21(12-16(15)2)18(4)24-22(26)20-7-5-19(6-8-20)13-25-10-9-23-14-25/h5-12,14,18H,13H2,1-4H3,(H,24,26)/t18-/m1/s1. The topological polar surface area (TPSA) is 46.9 Å². The number of rotatable bonds is 5. The Balaban J connectivity index is 1.68. The number of nitrogens with one attached hydrogen (secondary N) is 1. The molecule has 0 radical (unpaired) electrons. The summed E-state index contributed by atoms with van der Waals surface area (Å²) >= 11 is 0. The third kappa shape index (κ3) is 4.02. The van der Waals surface area contributed by atoms with E-state index in [1.807, 2.05) is 42.0 Å². The van der Waals surface area contributed by atoms with Crippen molar-refractivity contribution in [1.29, 1.82) is 0 Å². The highest BCUT2D eigenvalue weighted by molar-refractivity contribution is 5.94. The van der Waals surface area contributed by atoms with Crippen molar-refractivity contribution < 1.29 is 4.79 Å². The summed E-state index contributed by atoms with van der Waals surface area (Å²) in [7, 11) is 0. The maximum absolute atomic E-state index is 12.6. The molecule has 3 rings (SSSR count). The van der Waals surface area contributed by atoms with Gasteiger partial charge in [-0.3, -0.25) is 4.79 Å². The molecule has 1 atom stereocenters. The molecular formula is C22H25N3O. The third-order valence-electron chi connectivity index (χ3n) is 4.84. The van der Waals surface area contributed by atoms with E-state index in [0.29, 0.717) is 5.56 Å². The lowest BCUT2D eigenvalue weighted by atomic mass is 9.96. The summed E-state index contributed by atoms with van der Waals surface area (Å²) in [4.78, 5) is 16.6. The van der Waals surface area contributed by atoms with Crippen LogP contribution in [-0.4, -0.2) is 15.5 Å². The van der Waals surface area contributed by atoms with Crippen molar-refractivity contribution in [3.05, 3.63) is 88.5 Å². The van der Waals surface area contributed by atoms with Gasteiger partial charge in [-0.05, 0) is 67.6 Å². The number of benzene rings is 2. The quantitative estimate of drug-likeness (QED) is 0.746. The lowest BCUT2D eigenvalue weighted by Gasteiger charge is -2.18. The molecule has 0 saturated carbocycles. The van der Waals surface area contributed by atoms with Gasteiger partial charge in [-0.2, -0.15) is 0 Å². The Morgan fingerprint density at radius 1 is 1.08 bits per heavy atom. The minimum absolute atomic E-state index is 0.0348. The zero-order chi connectivity index (χ0) is 18.7. The van der Waals surface area contributed by atoms with Gasteiger partial charge in [0, 0.05) is 24.5 Å². The van der Waals surface area contributed by atoms with Crippen LogP contribution in [0.5, 0.6) is 0 Å². The Morgan fingerprint density at radius 3 is 2.42 bits per heavy atom. The second-order valence-electron chi connectivity index (χ2n) is 6.92. The second kappa shape index (κ2) is 7.56. The number of hydrogen-bond donors (Lipinski definition) is 1. The monoisotopic (exact) mass is 347 g/mol. The van der Waals surface area contributed by atoms with E-state index in [4.69, 9.17) is 0 Å². The lowest BCUT2D eigenvalue weighted by molar-refractivity contribution is 0.0940. The number of amides is 1. The van der Waals surface area contributed by atoms with E-state index < -0.39 is 0 Å². The molecule has 0 aliphatic rings. The maximum atomic E-state index is 12.6. The first kappa shape index (κ1) is 17.9. The predicted octanol–water partition coefficient (Wildman–Crippen LogP) is 4.35. The minimum atomic E-state index is -0.0516. The second-order valence-corrected chi connectivity index (χ2v) is 6.92. The van der Waals surface area contributed by atoms with Crippen molar-refractivity contribution in [2.24, 2.45) is 0 Å². The van der Waals surface area contributed by atoms with Crippen LogP contribution in [0.15, 0.2) is 55.1 Å². The van der Waals surface area contributed by atoms with Gasteiger partial charge in [-0.15, -0.1) is 0 Å². The first-order valence-electron chi connectivity index (χ1n) is 8.87. The van der Waals surface area contributed by atoms with E-state index in [-0.39, 0.29) is 11.9 Å². The average molecular weight is 347 g/mol. The molecular weight excluding hydrogens is 322 g/mol. The van der Waals surface area contributed by atoms with Crippen LogP contribution in [0.2, 0.25) is 0 Å². The van der Waals surface area contributed by atoms with Gasteiger partial charge >= 0.3 is 0 Å². The highest BCUT2D eigenvalue weighted by Gasteiger charge is 2.14. The summed E-state index contributed by atoms with van der Waals surface area (Å²) in [5.74, 6) is -0.0516. The van der Waals surface area contributed by atoms with Gasteiger partial charge in [0.2, 0.25) is 0 Å². The molecule has 0 bridgehead atoms. The maximum Gasteiger partial charge on any atom is 0.251 e. The Hall–Kier alpha value is -2.88. The smallest absolute Gasteiger partial charge is 0.251 e. The molecule has 0 aliphatic heterocycles. The molecule has 4 nitrogen and oxygen atoms in total. The van der Waals surface area contributed by atoms with E-state index >= 15 is 0 Å². The van der Waals surface area contributed by atoms with Crippen LogP contribution in [0.25, 0.3) is 0 Å². The summed E-state index contributed by atoms with van der Waals surface area (Å²) in [5, 5.41) is 3.11. The van der Waals surface area contributed by atoms with Crippen molar-refractivity contribution in [2.45, 2.75) is 40.3 Å². The molecule has 1 heterocycles. The molecule has 4 heteroatoms. The van der Waals surface area contributed by atoms with Crippen molar-refractivity contribution in [3.8, 4) is 0 Å². The summed E-state index contributed by atoms with van der Waals surface area (Å²) in [6, 6.07) is 12.0. The highest BCUT2D eigenvalue weighted by Crippen LogP contribution is 2.22. The van der Waals surface area contributed by atoms with E-state index in [1.165, 1.54) is 16.7 Å². The molecule has 0 fully saturated rings. The summed E-state index contributed by atoms with van der Waals surface area (Å²) < 4.78 is 2.00. The van der Waals surface area contributed by atoms with Crippen LogP contribution in [0.4, 0.5) is 0 Å². The van der Waals surface area contributed by atoms with Crippen molar-refractivity contribution in [1.82, 2.24) is 14.9 Å². The van der Waals surface area contributed by atoms with Gasteiger partial charge in [0.25, 0.3) is 5.91 Å². The van der Waals surface area contributed by atoms with Crippen molar-refractivity contribution >= 4 is 5.91 Å². The first-order chi connectivity index (χ1) is 12.4. The first-order valence-corrected chi connectivity index (χ1v) is 8.87. The Morgan fingerprint density at radius 2 is 1.77 bits per heavy atom. The molecule has 0 unspecified atom stereocenters. The zero-order valence-corrected chi connectivity index (χ0v) is 15.8. The lowest BCUT2D eigenvalue weighted by Crippen LogP contribution is -2.27. The van der Waals surface area contributed by atoms with E-state index in [1.54, 1.807) is 12.5 Å². The number of aryl methyl sites for hydroxylation is 3.